The van der Waals surface area contributed by atoms with E-state index in [1.54, 1.807) is 0 Å². The lowest BCUT2D eigenvalue weighted by molar-refractivity contribution is -0.148. The smallest absolute Gasteiger partial charge is 0.323 e. The maximum atomic E-state index is 12.4. The van der Waals surface area contributed by atoms with Gasteiger partial charge >= 0.3 is 5.97 Å². The van der Waals surface area contributed by atoms with Crippen molar-refractivity contribution >= 4 is 17.6 Å². The zero-order valence-corrected chi connectivity index (χ0v) is 16.5. The fourth-order valence-corrected chi connectivity index (χ4v) is 3.82. The summed E-state index contributed by atoms with van der Waals surface area (Å²) in [6.07, 6.45) is 2.42. The van der Waals surface area contributed by atoms with Crippen LogP contribution in [0.4, 0.5) is 0 Å². The molecule has 2 aromatic carbocycles. The van der Waals surface area contributed by atoms with E-state index >= 15 is 0 Å². The van der Waals surface area contributed by atoms with E-state index in [-0.39, 0.29) is 12.0 Å². The van der Waals surface area contributed by atoms with Crippen LogP contribution in [0, 0.1) is 0 Å². The average Bonchev–Trinajstić information content (AvgIpc) is 3.11. The SMILES string of the molecule is COC(=O)[C@@H]1Cc2ncn(Cc3ccc(Cl)cc3)c2CN1Cc1ccccc1. The second-order valence-corrected chi connectivity index (χ2v) is 7.46. The van der Waals surface area contributed by atoms with E-state index in [2.05, 4.69) is 26.6 Å². The Morgan fingerprint density at radius 1 is 1.11 bits per heavy atom. The van der Waals surface area contributed by atoms with Gasteiger partial charge in [-0.05, 0) is 23.3 Å². The molecule has 3 aromatic rings. The number of imidazole rings is 1. The van der Waals surface area contributed by atoms with Gasteiger partial charge < -0.3 is 9.30 Å². The van der Waals surface area contributed by atoms with Gasteiger partial charge in [0.15, 0.2) is 0 Å². The Morgan fingerprint density at radius 3 is 2.54 bits per heavy atom. The molecule has 5 nitrogen and oxygen atoms in total. The quantitative estimate of drug-likeness (QED) is 0.618. The lowest BCUT2D eigenvalue weighted by Gasteiger charge is -2.34. The molecule has 2 heterocycles. The van der Waals surface area contributed by atoms with Gasteiger partial charge in [-0.3, -0.25) is 9.69 Å². The average molecular weight is 396 g/mol. The number of ether oxygens (including phenoxy) is 1. The monoisotopic (exact) mass is 395 g/mol. The van der Waals surface area contributed by atoms with Gasteiger partial charge in [-0.15, -0.1) is 0 Å². The van der Waals surface area contributed by atoms with E-state index in [1.165, 1.54) is 12.7 Å². The summed E-state index contributed by atoms with van der Waals surface area (Å²) in [6, 6.07) is 17.7. The molecule has 28 heavy (non-hydrogen) atoms. The number of carbonyl (C=O) groups excluding carboxylic acids is 1. The van der Waals surface area contributed by atoms with Crippen LogP contribution in [-0.2, 0) is 35.6 Å². The van der Waals surface area contributed by atoms with Crippen LogP contribution in [0.15, 0.2) is 60.9 Å². The molecule has 0 bridgehead atoms. The number of hydrogen-bond acceptors (Lipinski definition) is 4. The molecule has 0 aliphatic carbocycles. The van der Waals surface area contributed by atoms with Gasteiger partial charge in [0.2, 0.25) is 0 Å². The highest BCUT2D eigenvalue weighted by atomic mass is 35.5. The molecule has 1 aliphatic rings. The molecule has 0 unspecified atom stereocenters. The summed E-state index contributed by atoms with van der Waals surface area (Å²) in [5, 5.41) is 0.728. The largest absolute Gasteiger partial charge is 0.468 e. The van der Waals surface area contributed by atoms with Crippen molar-refractivity contribution in [2.75, 3.05) is 7.11 Å². The van der Waals surface area contributed by atoms with Crippen molar-refractivity contribution in [3.05, 3.63) is 88.5 Å². The molecule has 0 spiro atoms. The van der Waals surface area contributed by atoms with E-state index < -0.39 is 0 Å². The number of nitrogens with zero attached hydrogens (tertiary/aromatic N) is 3. The molecule has 6 heteroatoms. The Kier molecular flexibility index (Phi) is 5.46. The molecule has 4 rings (SSSR count). The Hall–Kier alpha value is -2.63. The Balaban J connectivity index is 1.60. The summed E-state index contributed by atoms with van der Waals surface area (Å²) >= 11 is 5.99. The third-order valence-corrected chi connectivity index (χ3v) is 5.43. The Bertz CT molecular complexity index is 954. The highest BCUT2D eigenvalue weighted by Gasteiger charge is 2.34. The van der Waals surface area contributed by atoms with E-state index in [0.717, 1.165) is 28.5 Å². The summed E-state index contributed by atoms with van der Waals surface area (Å²) in [4.78, 5) is 19.1. The summed E-state index contributed by atoms with van der Waals surface area (Å²) < 4.78 is 7.22. The van der Waals surface area contributed by atoms with Gasteiger partial charge in [0.1, 0.15) is 6.04 Å². The van der Waals surface area contributed by atoms with Crippen LogP contribution in [0.3, 0.4) is 0 Å². The van der Waals surface area contributed by atoms with Crippen molar-refractivity contribution in [3.63, 3.8) is 0 Å². The van der Waals surface area contributed by atoms with Gasteiger partial charge in [0.25, 0.3) is 0 Å². The Morgan fingerprint density at radius 2 is 1.82 bits per heavy atom. The van der Waals surface area contributed by atoms with Crippen LogP contribution >= 0.6 is 11.6 Å². The third kappa shape index (κ3) is 3.96. The normalized spacial score (nSPS) is 16.6. The van der Waals surface area contributed by atoms with Gasteiger partial charge in [-0.2, -0.15) is 0 Å². The van der Waals surface area contributed by atoms with Crippen LogP contribution in [0.1, 0.15) is 22.5 Å². The highest BCUT2D eigenvalue weighted by molar-refractivity contribution is 6.30. The van der Waals surface area contributed by atoms with E-state index in [4.69, 9.17) is 16.3 Å². The first-order valence-electron chi connectivity index (χ1n) is 9.27. The summed E-state index contributed by atoms with van der Waals surface area (Å²) in [5.41, 5.74) is 4.44. The van der Waals surface area contributed by atoms with Gasteiger partial charge in [0, 0.05) is 31.1 Å². The van der Waals surface area contributed by atoms with Crippen molar-refractivity contribution in [2.24, 2.45) is 0 Å². The second kappa shape index (κ2) is 8.17. The first kappa shape index (κ1) is 18.7. The van der Waals surface area contributed by atoms with Crippen LogP contribution in [0.2, 0.25) is 5.02 Å². The number of fused-ring (bicyclic) bond motifs is 1. The van der Waals surface area contributed by atoms with E-state index in [0.29, 0.717) is 19.5 Å². The predicted octanol–water partition coefficient (Wildman–Crippen LogP) is 3.68. The molecule has 0 radical (unpaired) electrons. The molecule has 1 aliphatic heterocycles. The number of aromatic nitrogens is 2. The van der Waals surface area contributed by atoms with Gasteiger partial charge in [-0.1, -0.05) is 54.1 Å². The number of carbonyl (C=O) groups is 1. The molecule has 0 amide bonds. The maximum absolute atomic E-state index is 12.4. The third-order valence-electron chi connectivity index (χ3n) is 5.18. The minimum atomic E-state index is -0.323. The van der Waals surface area contributed by atoms with Crippen LogP contribution < -0.4 is 0 Å². The number of esters is 1. The lowest BCUT2D eigenvalue weighted by atomic mass is 10.0. The first-order valence-corrected chi connectivity index (χ1v) is 9.65. The van der Waals surface area contributed by atoms with Crippen molar-refractivity contribution in [1.82, 2.24) is 14.5 Å². The molecular weight excluding hydrogens is 374 g/mol. The van der Waals surface area contributed by atoms with Gasteiger partial charge in [-0.25, -0.2) is 4.98 Å². The number of rotatable bonds is 5. The molecule has 0 saturated carbocycles. The number of halogens is 1. The Labute approximate surface area is 169 Å². The zero-order chi connectivity index (χ0) is 19.5. The fraction of sp³-hybridized carbons (Fsp3) is 0.273. The maximum Gasteiger partial charge on any atom is 0.323 e. The number of hydrogen-bond donors (Lipinski definition) is 0. The second-order valence-electron chi connectivity index (χ2n) is 7.03. The van der Waals surface area contributed by atoms with Gasteiger partial charge in [0.05, 0.1) is 24.8 Å². The molecule has 1 atom stereocenters. The predicted molar refractivity (Wildman–Crippen MR) is 108 cm³/mol. The summed E-state index contributed by atoms with van der Waals surface area (Å²) in [5.74, 6) is -0.214. The number of benzene rings is 2. The summed E-state index contributed by atoms with van der Waals surface area (Å²) in [6.45, 7) is 2.06. The van der Waals surface area contributed by atoms with Crippen LogP contribution in [0.5, 0.6) is 0 Å². The topological polar surface area (TPSA) is 47.4 Å². The molecule has 0 N–H and O–H groups in total. The molecule has 0 fully saturated rings. The minimum Gasteiger partial charge on any atom is -0.468 e. The minimum absolute atomic E-state index is 0.214. The van der Waals surface area contributed by atoms with Crippen molar-refractivity contribution in [2.45, 2.75) is 32.1 Å². The molecule has 1 aromatic heterocycles. The van der Waals surface area contributed by atoms with Crippen LogP contribution in [0.25, 0.3) is 0 Å². The molecule has 0 saturated heterocycles. The number of methoxy groups -OCH3 is 1. The standard InChI is InChI=1S/C22H22ClN3O2/c1-28-22(27)20-11-19-21(14-25(20)12-16-5-3-2-4-6-16)26(15-24-19)13-17-7-9-18(23)10-8-17/h2-10,15,20H,11-14H2,1H3/t20-/m0/s1. The molecular formula is C22H22ClN3O2. The molecule has 144 valence electrons. The van der Waals surface area contributed by atoms with Crippen molar-refractivity contribution in [1.29, 1.82) is 0 Å². The first-order chi connectivity index (χ1) is 13.6. The lowest BCUT2D eigenvalue weighted by Crippen LogP contribution is -2.46. The van der Waals surface area contributed by atoms with Crippen molar-refractivity contribution in [3.8, 4) is 0 Å². The van der Waals surface area contributed by atoms with E-state index in [9.17, 15) is 4.79 Å². The van der Waals surface area contributed by atoms with Crippen LogP contribution in [-0.4, -0.2) is 33.6 Å². The van der Waals surface area contributed by atoms with E-state index in [1.807, 2.05) is 48.8 Å². The fourth-order valence-electron chi connectivity index (χ4n) is 3.69. The summed E-state index contributed by atoms with van der Waals surface area (Å²) in [7, 11) is 1.44. The zero-order valence-electron chi connectivity index (χ0n) is 15.7. The van der Waals surface area contributed by atoms with Crippen molar-refractivity contribution < 1.29 is 9.53 Å². The highest BCUT2D eigenvalue weighted by Crippen LogP contribution is 2.26.